The van der Waals surface area contributed by atoms with E-state index in [1.54, 1.807) is 8.86 Å². The number of carbonyl (C=O) groups is 2. The second kappa shape index (κ2) is 7.23. The summed E-state index contributed by atoms with van der Waals surface area (Å²) in [5, 5.41) is 0.702. The SMILES string of the molecule is O=C(C1CCCN1C(=O)CCn1sc2ccccc2c1=O)N1CCCC1. The quantitative estimate of drug-likeness (QED) is 0.824. The molecule has 0 aliphatic carbocycles. The number of amides is 2. The van der Waals surface area contributed by atoms with E-state index in [4.69, 9.17) is 0 Å². The molecule has 1 aromatic carbocycles. The van der Waals surface area contributed by atoms with Crippen molar-refractivity contribution in [2.45, 2.75) is 44.7 Å². The van der Waals surface area contributed by atoms with Crippen LogP contribution < -0.4 is 5.56 Å². The van der Waals surface area contributed by atoms with E-state index in [9.17, 15) is 14.4 Å². The van der Waals surface area contributed by atoms with Gasteiger partial charge in [-0.05, 0) is 37.8 Å². The van der Waals surface area contributed by atoms with Crippen LogP contribution in [-0.4, -0.2) is 51.2 Å². The predicted molar refractivity (Wildman–Crippen MR) is 101 cm³/mol. The highest BCUT2D eigenvalue weighted by Crippen LogP contribution is 2.23. The maximum absolute atomic E-state index is 12.7. The van der Waals surface area contributed by atoms with Gasteiger partial charge in [0.1, 0.15) is 6.04 Å². The molecule has 138 valence electrons. The first-order valence-electron chi connectivity index (χ1n) is 9.32. The zero-order valence-corrected chi connectivity index (χ0v) is 15.5. The minimum atomic E-state index is -0.306. The molecule has 3 heterocycles. The Morgan fingerprint density at radius 3 is 2.62 bits per heavy atom. The Morgan fingerprint density at radius 1 is 1.08 bits per heavy atom. The molecule has 7 heteroatoms. The molecule has 2 saturated heterocycles. The van der Waals surface area contributed by atoms with Crippen LogP contribution in [0.1, 0.15) is 32.1 Å². The van der Waals surface area contributed by atoms with Gasteiger partial charge in [-0.1, -0.05) is 23.7 Å². The van der Waals surface area contributed by atoms with Crippen LogP contribution in [0.2, 0.25) is 0 Å². The molecule has 6 nitrogen and oxygen atoms in total. The van der Waals surface area contributed by atoms with E-state index in [1.165, 1.54) is 11.5 Å². The van der Waals surface area contributed by atoms with E-state index in [0.29, 0.717) is 18.5 Å². The highest BCUT2D eigenvalue weighted by atomic mass is 32.1. The van der Waals surface area contributed by atoms with Crippen molar-refractivity contribution in [2.75, 3.05) is 19.6 Å². The lowest BCUT2D eigenvalue weighted by Gasteiger charge is -2.27. The van der Waals surface area contributed by atoms with Crippen LogP contribution in [0.3, 0.4) is 0 Å². The number of benzene rings is 1. The summed E-state index contributed by atoms with van der Waals surface area (Å²) in [5.41, 5.74) is -0.0375. The van der Waals surface area contributed by atoms with Crippen LogP contribution >= 0.6 is 11.5 Å². The van der Waals surface area contributed by atoms with Gasteiger partial charge in [0.15, 0.2) is 0 Å². The second-order valence-electron chi connectivity index (χ2n) is 7.02. The van der Waals surface area contributed by atoms with E-state index >= 15 is 0 Å². The Morgan fingerprint density at radius 2 is 1.85 bits per heavy atom. The number of likely N-dealkylation sites (tertiary alicyclic amines) is 2. The number of aryl methyl sites for hydroxylation is 1. The van der Waals surface area contributed by atoms with Crippen molar-refractivity contribution in [3.8, 4) is 0 Å². The Labute approximate surface area is 156 Å². The maximum Gasteiger partial charge on any atom is 0.268 e. The maximum atomic E-state index is 12.7. The fourth-order valence-electron chi connectivity index (χ4n) is 3.98. The summed E-state index contributed by atoms with van der Waals surface area (Å²) in [6, 6.07) is 7.19. The number of carbonyl (C=O) groups excluding carboxylic acids is 2. The summed E-state index contributed by atoms with van der Waals surface area (Å²) in [7, 11) is 0. The zero-order valence-electron chi connectivity index (χ0n) is 14.7. The molecule has 2 fully saturated rings. The third-order valence-electron chi connectivity index (χ3n) is 5.36. The first-order valence-corrected chi connectivity index (χ1v) is 10.1. The summed E-state index contributed by atoms with van der Waals surface area (Å²) in [6.07, 6.45) is 4.00. The first-order chi connectivity index (χ1) is 12.6. The van der Waals surface area contributed by atoms with Gasteiger partial charge < -0.3 is 9.80 Å². The Balaban J connectivity index is 1.42. The average molecular weight is 373 g/mol. The number of nitrogens with zero attached hydrogens (tertiary/aromatic N) is 3. The lowest BCUT2D eigenvalue weighted by atomic mass is 10.2. The molecule has 0 spiro atoms. The predicted octanol–water partition coefficient (Wildman–Crippen LogP) is 2.07. The summed E-state index contributed by atoms with van der Waals surface area (Å²) in [6.45, 7) is 2.64. The van der Waals surface area contributed by atoms with E-state index in [0.717, 1.165) is 43.5 Å². The summed E-state index contributed by atoms with van der Waals surface area (Å²) < 4.78 is 2.59. The van der Waals surface area contributed by atoms with Gasteiger partial charge >= 0.3 is 0 Å². The van der Waals surface area contributed by atoms with Gasteiger partial charge in [-0.15, -0.1) is 0 Å². The lowest BCUT2D eigenvalue weighted by Crippen LogP contribution is -2.47. The topological polar surface area (TPSA) is 62.6 Å². The van der Waals surface area contributed by atoms with E-state index in [2.05, 4.69) is 0 Å². The molecule has 2 aliphatic heterocycles. The monoisotopic (exact) mass is 373 g/mol. The van der Waals surface area contributed by atoms with Crippen LogP contribution in [0.4, 0.5) is 0 Å². The average Bonchev–Trinajstić information content (AvgIpc) is 3.40. The molecule has 0 N–H and O–H groups in total. The molecule has 4 rings (SSSR count). The normalized spacial score (nSPS) is 20.2. The summed E-state index contributed by atoms with van der Waals surface area (Å²) in [4.78, 5) is 41.4. The molecule has 0 radical (unpaired) electrons. The van der Waals surface area contributed by atoms with Gasteiger partial charge in [0, 0.05) is 32.6 Å². The molecule has 0 bridgehead atoms. The molecule has 2 aliphatic rings. The van der Waals surface area contributed by atoms with Crippen LogP contribution in [0.25, 0.3) is 10.1 Å². The fraction of sp³-hybridized carbons (Fsp3) is 0.526. The van der Waals surface area contributed by atoms with Crippen molar-refractivity contribution in [1.82, 2.24) is 13.8 Å². The third-order valence-corrected chi connectivity index (χ3v) is 6.48. The number of hydrogen-bond acceptors (Lipinski definition) is 4. The van der Waals surface area contributed by atoms with Crippen LogP contribution in [-0.2, 0) is 16.1 Å². The van der Waals surface area contributed by atoms with Crippen molar-refractivity contribution >= 4 is 33.4 Å². The van der Waals surface area contributed by atoms with Crippen molar-refractivity contribution in [1.29, 1.82) is 0 Å². The summed E-state index contributed by atoms with van der Waals surface area (Å²) in [5.74, 6) is 0.0804. The van der Waals surface area contributed by atoms with E-state index in [1.807, 2.05) is 29.2 Å². The van der Waals surface area contributed by atoms with Crippen LogP contribution in [0, 0.1) is 0 Å². The largest absolute Gasteiger partial charge is 0.341 e. The van der Waals surface area contributed by atoms with Gasteiger partial charge in [-0.25, -0.2) is 0 Å². The molecular formula is C19H23N3O3S. The molecular weight excluding hydrogens is 350 g/mol. The number of hydrogen-bond donors (Lipinski definition) is 0. The number of fused-ring (bicyclic) bond motifs is 1. The highest BCUT2D eigenvalue weighted by molar-refractivity contribution is 7.13. The standard InChI is InChI=1S/C19H23N3O3S/c23-17(9-13-22-18(24)14-6-1-2-8-16(14)26-22)21-12-5-7-15(21)19(25)20-10-3-4-11-20/h1-2,6,8,15H,3-5,7,9-13H2. The molecule has 0 saturated carbocycles. The smallest absolute Gasteiger partial charge is 0.268 e. The molecule has 26 heavy (non-hydrogen) atoms. The van der Waals surface area contributed by atoms with Crippen molar-refractivity contribution < 1.29 is 9.59 Å². The molecule has 2 aromatic rings. The van der Waals surface area contributed by atoms with Gasteiger partial charge in [0.2, 0.25) is 11.8 Å². The minimum absolute atomic E-state index is 0.0237. The highest BCUT2D eigenvalue weighted by Gasteiger charge is 2.36. The first kappa shape index (κ1) is 17.3. The van der Waals surface area contributed by atoms with Gasteiger partial charge in [0.25, 0.3) is 5.56 Å². The van der Waals surface area contributed by atoms with Crippen molar-refractivity contribution in [3.05, 3.63) is 34.6 Å². The van der Waals surface area contributed by atoms with E-state index in [-0.39, 0.29) is 29.8 Å². The number of rotatable bonds is 4. The molecule has 1 aromatic heterocycles. The zero-order chi connectivity index (χ0) is 18.1. The van der Waals surface area contributed by atoms with Crippen molar-refractivity contribution in [3.63, 3.8) is 0 Å². The van der Waals surface area contributed by atoms with Crippen LogP contribution in [0.5, 0.6) is 0 Å². The van der Waals surface area contributed by atoms with Crippen molar-refractivity contribution in [2.24, 2.45) is 0 Å². The molecule has 1 atom stereocenters. The van der Waals surface area contributed by atoms with E-state index < -0.39 is 0 Å². The fourth-order valence-corrected chi connectivity index (χ4v) is 4.97. The summed E-state index contributed by atoms with van der Waals surface area (Å²) >= 11 is 1.39. The van der Waals surface area contributed by atoms with Gasteiger partial charge in [0.05, 0.1) is 10.1 Å². The molecule has 1 unspecified atom stereocenters. The Kier molecular flexibility index (Phi) is 4.80. The lowest BCUT2D eigenvalue weighted by molar-refractivity contribution is -0.143. The molecule has 2 amide bonds. The Hall–Kier alpha value is -2.15. The Bertz CT molecular complexity index is 882. The van der Waals surface area contributed by atoms with Gasteiger partial charge in [-0.3, -0.25) is 18.3 Å². The number of aromatic nitrogens is 1. The third kappa shape index (κ3) is 3.16. The van der Waals surface area contributed by atoms with Gasteiger partial charge in [-0.2, -0.15) is 0 Å². The minimum Gasteiger partial charge on any atom is -0.341 e. The second-order valence-corrected chi connectivity index (χ2v) is 8.09. The van der Waals surface area contributed by atoms with Crippen LogP contribution in [0.15, 0.2) is 29.1 Å².